The molecule has 76 valence electrons. The Morgan fingerprint density at radius 3 is 2.64 bits per heavy atom. The van der Waals surface area contributed by atoms with Gasteiger partial charge in [-0.1, -0.05) is 17.7 Å². The first-order chi connectivity index (χ1) is 6.41. The lowest BCUT2D eigenvalue weighted by molar-refractivity contribution is -0.170. The summed E-state index contributed by atoms with van der Waals surface area (Å²) in [5.74, 6) is -1.83. The van der Waals surface area contributed by atoms with Crippen molar-refractivity contribution in [3.63, 3.8) is 0 Å². The monoisotopic (exact) mass is 223 g/mol. The summed E-state index contributed by atoms with van der Waals surface area (Å²) in [7, 11) is 0. The van der Waals surface area contributed by atoms with Crippen LogP contribution in [0.2, 0.25) is 5.15 Å². The minimum absolute atomic E-state index is 0.0786. The van der Waals surface area contributed by atoms with Gasteiger partial charge in [0.05, 0.1) is 0 Å². The molecule has 1 aromatic heterocycles. The lowest BCUT2D eigenvalue weighted by atomic mass is 10.1. The van der Waals surface area contributed by atoms with E-state index in [-0.39, 0.29) is 10.7 Å². The molecule has 1 heterocycles. The number of ketones is 1. The molecule has 14 heavy (non-hydrogen) atoms. The number of rotatable bonds is 2. The highest BCUT2D eigenvalue weighted by atomic mass is 35.5. The number of hydrogen-bond donors (Lipinski definition) is 0. The number of pyridine rings is 1. The fraction of sp³-hybridized carbons (Fsp3) is 0.250. The largest absolute Gasteiger partial charge is 0.450 e. The molecule has 0 N–H and O–H groups in total. The van der Waals surface area contributed by atoms with Gasteiger partial charge in [0, 0.05) is 12.6 Å². The number of alkyl halides is 3. The maximum atomic E-state index is 11.9. The quantitative estimate of drug-likeness (QED) is 0.721. The lowest BCUT2D eigenvalue weighted by Crippen LogP contribution is -2.24. The number of halogens is 4. The van der Waals surface area contributed by atoms with Gasteiger partial charge >= 0.3 is 6.18 Å². The predicted molar refractivity (Wildman–Crippen MR) is 44.0 cm³/mol. The van der Waals surface area contributed by atoms with Crippen molar-refractivity contribution in [1.82, 2.24) is 4.98 Å². The maximum Gasteiger partial charge on any atom is 0.450 e. The van der Waals surface area contributed by atoms with Crippen molar-refractivity contribution in [2.45, 2.75) is 12.6 Å². The molecule has 0 aliphatic carbocycles. The van der Waals surface area contributed by atoms with Crippen LogP contribution in [0.1, 0.15) is 5.56 Å². The molecule has 0 radical (unpaired) electrons. The van der Waals surface area contributed by atoms with Gasteiger partial charge in [-0.2, -0.15) is 13.2 Å². The van der Waals surface area contributed by atoms with Gasteiger partial charge in [0.1, 0.15) is 5.15 Å². The van der Waals surface area contributed by atoms with E-state index in [0.29, 0.717) is 0 Å². The van der Waals surface area contributed by atoms with Crippen molar-refractivity contribution in [1.29, 1.82) is 0 Å². The first-order valence-electron chi connectivity index (χ1n) is 3.60. The number of hydrogen-bond acceptors (Lipinski definition) is 2. The van der Waals surface area contributed by atoms with Crippen LogP contribution in [0.4, 0.5) is 13.2 Å². The zero-order valence-corrected chi connectivity index (χ0v) is 7.56. The van der Waals surface area contributed by atoms with Gasteiger partial charge in [-0.05, 0) is 11.6 Å². The van der Waals surface area contributed by atoms with E-state index in [1.54, 1.807) is 0 Å². The van der Waals surface area contributed by atoms with Crippen molar-refractivity contribution >= 4 is 17.4 Å². The third kappa shape index (κ3) is 2.70. The predicted octanol–water partition coefficient (Wildman–Crippen LogP) is 2.41. The van der Waals surface area contributed by atoms with Gasteiger partial charge < -0.3 is 0 Å². The third-order valence-corrected chi connectivity index (χ3v) is 1.84. The number of aromatic nitrogens is 1. The minimum Gasteiger partial charge on any atom is -0.289 e. The average Bonchev–Trinajstić information content (AvgIpc) is 2.07. The highest BCUT2D eigenvalue weighted by molar-refractivity contribution is 6.30. The minimum atomic E-state index is -4.82. The zero-order chi connectivity index (χ0) is 10.8. The first kappa shape index (κ1) is 11.0. The number of carbonyl (C=O) groups is 1. The second kappa shape index (κ2) is 3.96. The van der Waals surface area contributed by atoms with E-state index in [9.17, 15) is 18.0 Å². The fourth-order valence-corrected chi connectivity index (χ4v) is 1.01. The number of Topliss-reactive ketones (excluding diaryl/α,β-unsaturated/α-hetero) is 1. The Labute approximate surface area is 82.7 Å². The molecule has 0 atom stereocenters. The summed E-state index contributed by atoms with van der Waals surface area (Å²) in [6.45, 7) is 0. The average molecular weight is 224 g/mol. The molecule has 0 bridgehead atoms. The first-order valence-corrected chi connectivity index (χ1v) is 3.98. The molecule has 0 amide bonds. The summed E-state index contributed by atoms with van der Waals surface area (Å²) < 4.78 is 35.6. The van der Waals surface area contributed by atoms with E-state index >= 15 is 0 Å². The summed E-state index contributed by atoms with van der Waals surface area (Å²) in [6, 6.07) is 2.75. The van der Waals surface area contributed by atoms with Gasteiger partial charge in [0.25, 0.3) is 0 Å². The molecule has 0 saturated heterocycles. The molecule has 1 rings (SSSR count). The lowest BCUT2D eigenvalue weighted by Gasteiger charge is -2.05. The van der Waals surface area contributed by atoms with Crippen molar-refractivity contribution < 1.29 is 18.0 Å². The van der Waals surface area contributed by atoms with Crippen LogP contribution >= 0.6 is 11.6 Å². The zero-order valence-electron chi connectivity index (χ0n) is 6.81. The molecule has 0 spiro atoms. The second-order valence-corrected chi connectivity index (χ2v) is 2.91. The van der Waals surface area contributed by atoms with Gasteiger partial charge in [0.15, 0.2) is 0 Å². The molecule has 0 fully saturated rings. The maximum absolute atomic E-state index is 11.9. The van der Waals surface area contributed by atoms with Crippen molar-refractivity contribution in [3.05, 3.63) is 29.0 Å². The van der Waals surface area contributed by atoms with Crippen LogP contribution in [0.25, 0.3) is 0 Å². The molecule has 0 aliphatic heterocycles. The van der Waals surface area contributed by atoms with Gasteiger partial charge in [0.2, 0.25) is 5.78 Å². The molecule has 0 unspecified atom stereocenters. The molecular weight excluding hydrogens is 219 g/mol. The molecule has 0 aliphatic rings. The Balaban J connectivity index is 2.80. The molecule has 2 nitrogen and oxygen atoms in total. The van der Waals surface area contributed by atoms with E-state index in [0.717, 1.165) is 0 Å². The Bertz CT molecular complexity index is 351. The van der Waals surface area contributed by atoms with E-state index in [1.165, 1.54) is 18.3 Å². The van der Waals surface area contributed by atoms with Crippen LogP contribution in [0.15, 0.2) is 18.3 Å². The third-order valence-electron chi connectivity index (χ3n) is 1.50. The molecule has 0 aromatic carbocycles. The smallest absolute Gasteiger partial charge is 0.289 e. The van der Waals surface area contributed by atoms with Crippen molar-refractivity contribution in [3.8, 4) is 0 Å². The highest BCUT2D eigenvalue weighted by Crippen LogP contribution is 2.21. The normalized spacial score (nSPS) is 11.4. The highest BCUT2D eigenvalue weighted by Gasteiger charge is 2.38. The van der Waals surface area contributed by atoms with E-state index < -0.39 is 18.4 Å². The van der Waals surface area contributed by atoms with Crippen molar-refractivity contribution in [2.24, 2.45) is 0 Å². The Morgan fingerprint density at radius 2 is 2.14 bits per heavy atom. The van der Waals surface area contributed by atoms with Gasteiger partial charge in [-0.3, -0.25) is 4.79 Å². The van der Waals surface area contributed by atoms with Crippen LogP contribution in [0, 0.1) is 0 Å². The van der Waals surface area contributed by atoms with E-state index in [2.05, 4.69) is 4.98 Å². The summed E-state index contributed by atoms with van der Waals surface area (Å²) in [5.41, 5.74) is 0.0801. The van der Waals surface area contributed by atoms with Crippen LogP contribution in [-0.4, -0.2) is 16.9 Å². The summed E-state index contributed by atoms with van der Waals surface area (Å²) in [4.78, 5) is 14.1. The topological polar surface area (TPSA) is 30.0 Å². The van der Waals surface area contributed by atoms with Gasteiger partial charge in [-0.25, -0.2) is 4.98 Å². The van der Waals surface area contributed by atoms with E-state index in [4.69, 9.17) is 11.6 Å². The summed E-state index contributed by atoms with van der Waals surface area (Å²) in [5, 5.41) is -0.0786. The summed E-state index contributed by atoms with van der Waals surface area (Å²) >= 11 is 5.49. The van der Waals surface area contributed by atoms with Gasteiger partial charge in [-0.15, -0.1) is 0 Å². The molecular formula is C8H5ClF3NO. The Hall–Kier alpha value is -1.10. The summed E-state index contributed by atoms with van der Waals surface area (Å²) in [6.07, 6.45) is -4.25. The van der Waals surface area contributed by atoms with Crippen LogP contribution in [0.3, 0.4) is 0 Å². The fourth-order valence-electron chi connectivity index (χ4n) is 0.824. The van der Waals surface area contributed by atoms with E-state index in [1.807, 2.05) is 0 Å². The Kier molecular flexibility index (Phi) is 3.10. The van der Waals surface area contributed by atoms with Crippen molar-refractivity contribution in [2.75, 3.05) is 0 Å². The Morgan fingerprint density at radius 1 is 1.50 bits per heavy atom. The number of nitrogens with zero attached hydrogens (tertiary/aromatic N) is 1. The van der Waals surface area contributed by atoms with Crippen LogP contribution in [-0.2, 0) is 11.2 Å². The molecule has 0 saturated carbocycles. The second-order valence-electron chi connectivity index (χ2n) is 2.55. The molecule has 6 heteroatoms. The number of carbonyl (C=O) groups excluding carboxylic acids is 1. The van der Waals surface area contributed by atoms with Crippen LogP contribution in [0.5, 0.6) is 0 Å². The standard InChI is InChI=1S/C8H5ClF3NO/c9-7-5(2-1-3-13-7)4-6(14)8(10,11)12/h1-3H,4H2. The molecule has 1 aromatic rings. The van der Waals surface area contributed by atoms with Crippen LogP contribution < -0.4 is 0 Å². The SMILES string of the molecule is O=C(Cc1cccnc1Cl)C(F)(F)F.